The van der Waals surface area contributed by atoms with Crippen molar-refractivity contribution in [3.05, 3.63) is 35.4 Å². The van der Waals surface area contributed by atoms with Gasteiger partial charge < -0.3 is 9.47 Å². The van der Waals surface area contributed by atoms with Crippen LogP contribution >= 0.6 is 0 Å². The molecule has 3 nitrogen and oxygen atoms in total. The largest absolute Gasteiger partial charge is 0.462 e. The summed E-state index contributed by atoms with van der Waals surface area (Å²) in [5.74, 6) is 5.45. The van der Waals surface area contributed by atoms with Gasteiger partial charge in [0.05, 0.1) is 12.2 Å². The van der Waals surface area contributed by atoms with E-state index in [2.05, 4.69) is 11.8 Å². The lowest BCUT2D eigenvalue weighted by Gasteiger charge is -2.00. The van der Waals surface area contributed by atoms with Crippen LogP contribution in [0.15, 0.2) is 24.3 Å². The van der Waals surface area contributed by atoms with E-state index in [-0.39, 0.29) is 5.97 Å². The fraction of sp³-hybridized carbons (Fsp3) is 0.308. The van der Waals surface area contributed by atoms with Crippen molar-refractivity contribution in [1.29, 1.82) is 0 Å². The van der Waals surface area contributed by atoms with E-state index in [1.807, 2.05) is 0 Å². The highest BCUT2D eigenvalue weighted by Crippen LogP contribution is 2.04. The van der Waals surface area contributed by atoms with Crippen LogP contribution in [-0.4, -0.2) is 26.3 Å². The van der Waals surface area contributed by atoms with Crippen LogP contribution in [-0.2, 0) is 9.47 Å². The van der Waals surface area contributed by atoms with Gasteiger partial charge in [0.25, 0.3) is 0 Å². The number of hydrogen-bond donors (Lipinski definition) is 0. The zero-order chi connectivity index (χ0) is 11.8. The van der Waals surface area contributed by atoms with E-state index in [0.717, 1.165) is 5.56 Å². The maximum Gasteiger partial charge on any atom is 0.338 e. The van der Waals surface area contributed by atoms with E-state index in [1.165, 1.54) is 0 Å². The lowest BCUT2D eigenvalue weighted by atomic mass is 10.1. The molecule has 0 spiro atoms. The normalized spacial score (nSPS) is 9.12. The lowest BCUT2D eigenvalue weighted by Crippen LogP contribution is -2.04. The molecule has 1 rings (SSSR count). The number of esters is 1. The third kappa shape index (κ3) is 3.76. The predicted molar refractivity (Wildman–Crippen MR) is 61.2 cm³/mol. The van der Waals surface area contributed by atoms with Crippen molar-refractivity contribution in [1.82, 2.24) is 0 Å². The molecule has 0 aromatic heterocycles. The molecule has 0 aliphatic heterocycles. The molecular weight excluding hydrogens is 204 g/mol. The molecule has 0 amide bonds. The van der Waals surface area contributed by atoms with E-state index in [9.17, 15) is 4.79 Å². The summed E-state index contributed by atoms with van der Waals surface area (Å²) < 4.78 is 9.68. The Labute approximate surface area is 95.4 Å². The van der Waals surface area contributed by atoms with Crippen molar-refractivity contribution in [2.45, 2.75) is 6.92 Å². The van der Waals surface area contributed by atoms with Crippen molar-refractivity contribution >= 4 is 5.97 Å². The lowest BCUT2D eigenvalue weighted by molar-refractivity contribution is 0.0526. The monoisotopic (exact) mass is 218 g/mol. The first-order chi connectivity index (χ1) is 7.77. The standard InChI is InChI=1S/C13H14O3/c1-3-16-13(14)12-8-6-11(7-9-12)5-4-10-15-2/h6-9H,3,10H2,1-2H3. The summed E-state index contributed by atoms with van der Waals surface area (Å²) in [5.41, 5.74) is 1.39. The number of benzene rings is 1. The van der Waals surface area contributed by atoms with Crippen LogP contribution in [0.1, 0.15) is 22.8 Å². The molecule has 0 radical (unpaired) electrons. The van der Waals surface area contributed by atoms with Gasteiger partial charge >= 0.3 is 5.97 Å². The Bertz CT molecular complexity index is 395. The van der Waals surface area contributed by atoms with Crippen molar-refractivity contribution in [2.24, 2.45) is 0 Å². The first kappa shape index (κ1) is 12.3. The molecule has 1 aromatic carbocycles. The molecule has 0 bridgehead atoms. The van der Waals surface area contributed by atoms with Gasteiger partial charge in [-0.25, -0.2) is 4.79 Å². The van der Waals surface area contributed by atoms with Crippen LogP contribution < -0.4 is 0 Å². The van der Waals surface area contributed by atoms with Crippen LogP contribution in [0.2, 0.25) is 0 Å². The molecule has 0 saturated heterocycles. The van der Waals surface area contributed by atoms with Crippen LogP contribution in [0.4, 0.5) is 0 Å². The van der Waals surface area contributed by atoms with E-state index in [4.69, 9.17) is 9.47 Å². The Morgan fingerprint density at radius 2 is 2.00 bits per heavy atom. The van der Waals surface area contributed by atoms with Crippen LogP contribution in [0.5, 0.6) is 0 Å². The predicted octanol–water partition coefficient (Wildman–Crippen LogP) is 1.86. The number of methoxy groups -OCH3 is 1. The Balaban J connectivity index is 2.69. The maximum absolute atomic E-state index is 11.3. The highest BCUT2D eigenvalue weighted by Gasteiger charge is 2.04. The van der Waals surface area contributed by atoms with Gasteiger partial charge in [-0.15, -0.1) is 0 Å². The number of carbonyl (C=O) groups excluding carboxylic acids is 1. The average Bonchev–Trinajstić information content (AvgIpc) is 2.30. The van der Waals surface area contributed by atoms with Gasteiger partial charge in [-0.2, -0.15) is 0 Å². The molecule has 0 atom stereocenters. The third-order valence-corrected chi connectivity index (χ3v) is 1.85. The molecule has 1 aromatic rings. The zero-order valence-corrected chi connectivity index (χ0v) is 9.45. The highest BCUT2D eigenvalue weighted by atomic mass is 16.5. The van der Waals surface area contributed by atoms with Crippen LogP contribution in [0.25, 0.3) is 0 Å². The van der Waals surface area contributed by atoms with Gasteiger partial charge in [-0.3, -0.25) is 0 Å². The summed E-state index contributed by atoms with van der Waals surface area (Å²) in [6.07, 6.45) is 0. The topological polar surface area (TPSA) is 35.5 Å². The number of hydrogen-bond acceptors (Lipinski definition) is 3. The van der Waals surface area contributed by atoms with Crippen molar-refractivity contribution in [2.75, 3.05) is 20.3 Å². The van der Waals surface area contributed by atoms with Gasteiger partial charge in [-0.1, -0.05) is 11.8 Å². The number of carbonyl (C=O) groups is 1. The van der Waals surface area contributed by atoms with E-state index < -0.39 is 0 Å². The molecule has 0 N–H and O–H groups in total. The summed E-state index contributed by atoms with van der Waals surface area (Å²) in [4.78, 5) is 11.3. The molecule has 0 fully saturated rings. The summed E-state index contributed by atoms with van der Waals surface area (Å²) in [6, 6.07) is 6.98. The maximum atomic E-state index is 11.3. The first-order valence-corrected chi connectivity index (χ1v) is 5.03. The minimum absolute atomic E-state index is 0.307. The quantitative estimate of drug-likeness (QED) is 0.574. The second-order valence-corrected chi connectivity index (χ2v) is 3.03. The van der Waals surface area contributed by atoms with Gasteiger partial charge in [-0.05, 0) is 31.2 Å². The van der Waals surface area contributed by atoms with Gasteiger partial charge in [0, 0.05) is 12.7 Å². The molecule has 0 unspecified atom stereocenters. The molecule has 0 saturated carbocycles. The molecule has 3 heteroatoms. The van der Waals surface area contributed by atoms with E-state index in [1.54, 1.807) is 38.3 Å². The average molecular weight is 218 g/mol. The molecule has 84 valence electrons. The van der Waals surface area contributed by atoms with Gasteiger partial charge in [0.15, 0.2) is 0 Å². The van der Waals surface area contributed by atoms with Crippen molar-refractivity contribution in [3.63, 3.8) is 0 Å². The van der Waals surface area contributed by atoms with Gasteiger partial charge in [0.1, 0.15) is 6.61 Å². The molecular formula is C13H14O3. The third-order valence-electron chi connectivity index (χ3n) is 1.85. The fourth-order valence-electron chi connectivity index (χ4n) is 1.11. The highest BCUT2D eigenvalue weighted by molar-refractivity contribution is 5.89. The van der Waals surface area contributed by atoms with Gasteiger partial charge in [0.2, 0.25) is 0 Å². The first-order valence-electron chi connectivity index (χ1n) is 5.03. The number of ether oxygens (including phenoxy) is 2. The van der Waals surface area contributed by atoms with Crippen LogP contribution in [0, 0.1) is 11.8 Å². The summed E-state index contributed by atoms with van der Waals surface area (Å²) in [6.45, 7) is 2.57. The number of rotatable bonds is 3. The molecule has 0 heterocycles. The summed E-state index contributed by atoms with van der Waals surface area (Å²) >= 11 is 0. The molecule has 0 aliphatic carbocycles. The minimum atomic E-state index is -0.307. The van der Waals surface area contributed by atoms with Crippen molar-refractivity contribution < 1.29 is 14.3 Å². The second kappa shape index (κ2) is 6.65. The van der Waals surface area contributed by atoms with Crippen LogP contribution in [0.3, 0.4) is 0 Å². The Morgan fingerprint density at radius 1 is 1.31 bits per heavy atom. The molecule has 16 heavy (non-hydrogen) atoms. The van der Waals surface area contributed by atoms with E-state index >= 15 is 0 Å². The minimum Gasteiger partial charge on any atom is -0.462 e. The Hall–Kier alpha value is -1.79. The Kier molecular flexibility index (Phi) is 5.10. The fourth-order valence-corrected chi connectivity index (χ4v) is 1.11. The smallest absolute Gasteiger partial charge is 0.338 e. The van der Waals surface area contributed by atoms with Crippen molar-refractivity contribution in [3.8, 4) is 11.8 Å². The second-order valence-electron chi connectivity index (χ2n) is 3.03. The Morgan fingerprint density at radius 3 is 2.56 bits per heavy atom. The van der Waals surface area contributed by atoms with E-state index in [0.29, 0.717) is 18.8 Å². The SMILES string of the molecule is CCOC(=O)c1ccc(C#CCOC)cc1. The zero-order valence-electron chi connectivity index (χ0n) is 9.45. The summed E-state index contributed by atoms with van der Waals surface area (Å²) in [7, 11) is 1.60. The summed E-state index contributed by atoms with van der Waals surface area (Å²) in [5, 5.41) is 0. The molecule has 0 aliphatic rings.